The Bertz CT molecular complexity index is 1070. The first-order valence-corrected chi connectivity index (χ1v) is 9.10. The van der Waals surface area contributed by atoms with E-state index in [0.29, 0.717) is 32.1 Å². The minimum atomic E-state index is -0.982. The van der Waals surface area contributed by atoms with E-state index in [0.717, 1.165) is 4.57 Å². The van der Waals surface area contributed by atoms with Crippen LogP contribution in [-0.4, -0.2) is 67.4 Å². The fourth-order valence-corrected chi connectivity index (χ4v) is 2.95. The van der Waals surface area contributed by atoms with E-state index in [2.05, 4.69) is 9.97 Å². The molecule has 1 aliphatic rings. The SMILES string of the molecule is Cn1c(=O)n(COC(=O)C(C)(C)C)c(=O)c2[nH]c(N3CCN(C(=O)O)CC3)nc21. The van der Waals surface area contributed by atoms with Gasteiger partial charge >= 0.3 is 17.8 Å². The van der Waals surface area contributed by atoms with Crippen LogP contribution < -0.4 is 16.1 Å². The van der Waals surface area contributed by atoms with Gasteiger partial charge in [0.25, 0.3) is 5.56 Å². The average Bonchev–Trinajstić information content (AvgIpc) is 3.11. The van der Waals surface area contributed by atoms with Crippen molar-refractivity contribution in [3.63, 3.8) is 0 Å². The topological polar surface area (TPSA) is 143 Å². The number of esters is 1. The summed E-state index contributed by atoms with van der Waals surface area (Å²) in [7, 11) is 1.47. The molecule has 1 amide bonds. The van der Waals surface area contributed by atoms with E-state index in [1.807, 2.05) is 4.90 Å². The van der Waals surface area contributed by atoms with Crippen molar-refractivity contribution in [2.24, 2.45) is 12.5 Å². The lowest BCUT2D eigenvalue weighted by Crippen LogP contribution is -2.48. The Morgan fingerprint density at radius 2 is 1.79 bits per heavy atom. The number of fused-ring (bicyclic) bond motifs is 1. The number of piperazine rings is 1. The van der Waals surface area contributed by atoms with Crippen LogP contribution in [0.2, 0.25) is 0 Å². The minimum absolute atomic E-state index is 0.106. The Hall–Kier alpha value is -3.31. The number of nitrogens with zero attached hydrogens (tertiary/aromatic N) is 5. The van der Waals surface area contributed by atoms with E-state index in [1.165, 1.54) is 16.5 Å². The Morgan fingerprint density at radius 1 is 1.17 bits per heavy atom. The monoisotopic (exact) mass is 408 g/mol. The number of ether oxygens (including phenoxy) is 1. The average molecular weight is 408 g/mol. The number of imidazole rings is 1. The van der Waals surface area contributed by atoms with Crippen molar-refractivity contribution in [2.45, 2.75) is 27.5 Å². The summed E-state index contributed by atoms with van der Waals surface area (Å²) in [6, 6.07) is 0. The van der Waals surface area contributed by atoms with Crippen molar-refractivity contribution in [1.82, 2.24) is 24.0 Å². The number of rotatable bonds is 3. The number of carbonyl (C=O) groups excluding carboxylic acids is 1. The molecule has 12 heteroatoms. The molecule has 3 heterocycles. The van der Waals surface area contributed by atoms with Crippen LogP contribution in [0.4, 0.5) is 10.7 Å². The summed E-state index contributed by atoms with van der Waals surface area (Å²) in [6.07, 6.45) is -0.982. The van der Waals surface area contributed by atoms with E-state index < -0.39 is 35.5 Å². The van der Waals surface area contributed by atoms with Gasteiger partial charge in [0.1, 0.15) is 0 Å². The highest BCUT2D eigenvalue weighted by Gasteiger charge is 2.26. The van der Waals surface area contributed by atoms with E-state index >= 15 is 0 Å². The van der Waals surface area contributed by atoms with Crippen LogP contribution >= 0.6 is 0 Å². The third-order valence-corrected chi connectivity index (χ3v) is 4.75. The van der Waals surface area contributed by atoms with Gasteiger partial charge in [0.15, 0.2) is 17.9 Å². The molecule has 0 unspecified atom stereocenters. The summed E-state index contributed by atoms with van der Waals surface area (Å²) in [5.74, 6) is -0.158. The van der Waals surface area contributed by atoms with Gasteiger partial charge in [-0.3, -0.25) is 14.2 Å². The van der Waals surface area contributed by atoms with Crippen LogP contribution in [0.3, 0.4) is 0 Å². The maximum atomic E-state index is 12.8. The van der Waals surface area contributed by atoms with E-state index in [4.69, 9.17) is 9.84 Å². The van der Waals surface area contributed by atoms with E-state index in [-0.39, 0.29) is 11.2 Å². The number of hydrogen-bond donors (Lipinski definition) is 2. The number of aromatic nitrogens is 4. The first-order chi connectivity index (χ1) is 13.5. The van der Waals surface area contributed by atoms with Crippen molar-refractivity contribution < 1.29 is 19.4 Å². The van der Waals surface area contributed by atoms with Crippen LogP contribution in [0.1, 0.15) is 20.8 Å². The Morgan fingerprint density at radius 3 is 2.34 bits per heavy atom. The van der Waals surface area contributed by atoms with Crippen molar-refractivity contribution in [2.75, 3.05) is 31.1 Å². The number of carbonyl (C=O) groups is 2. The molecule has 0 atom stereocenters. The van der Waals surface area contributed by atoms with Gasteiger partial charge in [-0.05, 0) is 20.8 Å². The van der Waals surface area contributed by atoms with Crippen LogP contribution in [0.25, 0.3) is 11.2 Å². The molecule has 0 bridgehead atoms. The summed E-state index contributed by atoms with van der Waals surface area (Å²) in [6.45, 7) is 5.93. The number of carboxylic acid groups (broad SMARTS) is 1. The van der Waals surface area contributed by atoms with Gasteiger partial charge in [0.2, 0.25) is 5.95 Å². The molecular formula is C17H24N6O6. The first kappa shape index (κ1) is 20.4. The number of anilines is 1. The van der Waals surface area contributed by atoms with Crippen LogP contribution in [-0.2, 0) is 23.3 Å². The number of nitrogens with one attached hydrogen (secondary N) is 1. The number of H-pyrrole nitrogens is 1. The second kappa shape index (κ2) is 7.26. The molecule has 3 rings (SSSR count). The Balaban J connectivity index is 1.91. The maximum Gasteiger partial charge on any atom is 0.407 e. The quantitative estimate of drug-likeness (QED) is 0.663. The van der Waals surface area contributed by atoms with E-state index in [1.54, 1.807) is 20.8 Å². The molecule has 1 fully saturated rings. The third-order valence-electron chi connectivity index (χ3n) is 4.75. The van der Waals surface area contributed by atoms with Gasteiger partial charge in [0.05, 0.1) is 5.41 Å². The molecule has 158 valence electrons. The fraction of sp³-hybridized carbons (Fsp3) is 0.588. The summed E-state index contributed by atoms with van der Waals surface area (Å²) in [5.41, 5.74) is -1.78. The third kappa shape index (κ3) is 3.82. The molecule has 29 heavy (non-hydrogen) atoms. The lowest BCUT2D eigenvalue weighted by molar-refractivity contribution is -0.157. The summed E-state index contributed by atoms with van der Waals surface area (Å²) >= 11 is 0. The largest absolute Gasteiger partial charge is 0.465 e. The standard InChI is InChI=1S/C17H24N6O6/c1-17(2,3)13(25)29-9-23-12(24)10-11(20(4)15(23)26)19-14(18-10)21-5-7-22(8-6-21)16(27)28/h5-9H2,1-4H3,(H,18,19)(H,27,28). The zero-order chi connectivity index (χ0) is 21.5. The molecule has 1 saturated heterocycles. The van der Waals surface area contributed by atoms with Crippen molar-refractivity contribution in [1.29, 1.82) is 0 Å². The van der Waals surface area contributed by atoms with Gasteiger partial charge in [-0.25, -0.2) is 14.2 Å². The highest BCUT2D eigenvalue weighted by Crippen LogP contribution is 2.17. The number of aryl methyl sites for hydroxylation is 1. The van der Waals surface area contributed by atoms with Crippen LogP contribution in [0.15, 0.2) is 9.59 Å². The highest BCUT2D eigenvalue weighted by molar-refractivity contribution is 5.75. The minimum Gasteiger partial charge on any atom is -0.465 e. The van der Waals surface area contributed by atoms with Gasteiger partial charge in [-0.2, -0.15) is 4.98 Å². The maximum absolute atomic E-state index is 12.8. The highest BCUT2D eigenvalue weighted by atomic mass is 16.5. The predicted molar refractivity (Wildman–Crippen MR) is 103 cm³/mol. The molecule has 0 radical (unpaired) electrons. The van der Waals surface area contributed by atoms with Gasteiger partial charge in [0, 0.05) is 33.2 Å². The Labute approximate surface area is 165 Å². The van der Waals surface area contributed by atoms with Crippen molar-refractivity contribution in [3.05, 3.63) is 20.8 Å². The lowest BCUT2D eigenvalue weighted by atomic mass is 9.98. The van der Waals surface area contributed by atoms with E-state index in [9.17, 15) is 19.2 Å². The van der Waals surface area contributed by atoms with Crippen molar-refractivity contribution >= 4 is 29.2 Å². The molecule has 0 aliphatic carbocycles. The first-order valence-electron chi connectivity index (χ1n) is 9.10. The summed E-state index contributed by atoms with van der Waals surface area (Å²) < 4.78 is 7.15. The predicted octanol–water partition coefficient (Wildman–Crippen LogP) is -0.230. The normalized spacial score (nSPS) is 15.0. The number of amides is 1. The molecule has 12 nitrogen and oxygen atoms in total. The summed E-state index contributed by atoms with van der Waals surface area (Å²) in [4.78, 5) is 58.7. The molecule has 2 aromatic heterocycles. The number of hydrogen-bond acceptors (Lipinski definition) is 7. The molecule has 0 saturated carbocycles. The molecule has 0 aromatic carbocycles. The molecular weight excluding hydrogens is 384 g/mol. The lowest BCUT2D eigenvalue weighted by Gasteiger charge is -2.32. The van der Waals surface area contributed by atoms with Crippen LogP contribution in [0.5, 0.6) is 0 Å². The van der Waals surface area contributed by atoms with Gasteiger partial charge < -0.3 is 24.6 Å². The Kier molecular flexibility index (Phi) is 5.11. The summed E-state index contributed by atoms with van der Waals surface area (Å²) in [5, 5.41) is 9.05. The second-order valence-electron chi connectivity index (χ2n) is 7.90. The second-order valence-corrected chi connectivity index (χ2v) is 7.90. The molecule has 2 N–H and O–H groups in total. The zero-order valence-electron chi connectivity index (χ0n) is 16.8. The van der Waals surface area contributed by atoms with Crippen molar-refractivity contribution in [3.8, 4) is 0 Å². The fourth-order valence-electron chi connectivity index (χ4n) is 2.95. The smallest absolute Gasteiger partial charge is 0.407 e. The zero-order valence-corrected chi connectivity index (χ0v) is 16.8. The number of aromatic amines is 1. The molecule has 0 spiro atoms. The molecule has 1 aliphatic heterocycles. The van der Waals surface area contributed by atoms with Crippen LogP contribution in [0, 0.1) is 5.41 Å². The molecule has 2 aromatic rings. The van der Waals surface area contributed by atoms with Gasteiger partial charge in [-0.15, -0.1) is 0 Å². The van der Waals surface area contributed by atoms with Gasteiger partial charge in [-0.1, -0.05) is 0 Å².